The van der Waals surface area contributed by atoms with Crippen molar-refractivity contribution in [1.82, 2.24) is 0 Å². The van der Waals surface area contributed by atoms with Gasteiger partial charge in [-0.25, -0.2) is 0 Å². The van der Waals surface area contributed by atoms with Gasteiger partial charge >= 0.3 is 0 Å². The first-order valence-electron chi connectivity index (χ1n) is 5.51. The molecule has 0 bridgehead atoms. The molecule has 1 aromatic carbocycles. The Hall–Kier alpha value is -0.713. The van der Waals surface area contributed by atoms with Crippen LogP contribution in [0.5, 0.6) is 0 Å². The molecule has 16 heavy (non-hydrogen) atoms. The fraction of sp³-hybridized carbons (Fsp3) is 0.429. The fourth-order valence-corrected chi connectivity index (χ4v) is 1.91. The van der Waals surface area contributed by atoms with Crippen LogP contribution in [0.25, 0.3) is 0 Å². The summed E-state index contributed by atoms with van der Waals surface area (Å²) in [6.45, 7) is 11.5. The highest BCUT2D eigenvalue weighted by Crippen LogP contribution is 2.35. The molecule has 0 atom stereocenters. The van der Waals surface area contributed by atoms with Crippen molar-refractivity contribution in [2.45, 2.75) is 38.9 Å². The van der Waals surface area contributed by atoms with Crippen molar-refractivity contribution in [2.75, 3.05) is 0 Å². The highest BCUT2D eigenvalue weighted by atomic mass is 35.5. The highest BCUT2D eigenvalue weighted by Gasteiger charge is 2.33. The number of benzene rings is 1. The molecule has 0 fully saturated rings. The van der Waals surface area contributed by atoms with Crippen LogP contribution in [0.4, 0.5) is 0 Å². The van der Waals surface area contributed by atoms with Crippen molar-refractivity contribution in [3.8, 4) is 11.5 Å². The molecule has 1 aromatic rings. The van der Waals surface area contributed by atoms with Crippen LogP contribution in [0.1, 0.15) is 26.3 Å². The maximum Gasteiger partial charge on any atom is 0.138 e. The van der Waals surface area contributed by atoms with Gasteiger partial charge in [-0.15, -0.1) is 5.54 Å². The van der Waals surface area contributed by atoms with E-state index in [4.69, 9.17) is 11.6 Å². The highest BCUT2D eigenvalue weighted by molar-refractivity contribution is 6.87. The van der Waals surface area contributed by atoms with Crippen LogP contribution in [-0.4, -0.2) is 8.07 Å². The Morgan fingerprint density at radius 2 is 1.56 bits per heavy atom. The monoisotopic (exact) mass is 250 g/mol. The van der Waals surface area contributed by atoms with E-state index in [0.717, 1.165) is 10.6 Å². The molecule has 0 aliphatic rings. The van der Waals surface area contributed by atoms with Gasteiger partial charge in [0.15, 0.2) is 0 Å². The van der Waals surface area contributed by atoms with Crippen molar-refractivity contribution in [1.29, 1.82) is 0 Å². The second-order valence-electron chi connectivity index (χ2n) is 5.63. The zero-order chi connectivity index (χ0) is 12.4. The molecule has 1 rings (SSSR count). The third kappa shape index (κ3) is 3.40. The minimum absolute atomic E-state index is 0.312. The van der Waals surface area contributed by atoms with Gasteiger partial charge in [0.25, 0.3) is 0 Å². The first-order chi connectivity index (χ1) is 7.22. The van der Waals surface area contributed by atoms with E-state index in [1.54, 1.807) is 0 Å². The largest absolute Gasteiger partial charge is 0.138 e. The molecule has 0 radical (unpaired) electrons. The Morgan fingerprint density at radius 3 is 2.00 bits per heavy atom. The normalized spacial score (nSPS) is 11.9. The topological polar surface area (TPSA) is 0 Å². The van der Waals surface area contributed by atoms with Crippen molar-refractivity contribution >= 4 is 19.7 Å². The molecule has 2 heteroatoms. The van der Waals surface area contributed by atoms with Crippen LogP contribution >= 0.6 is 11.6 Å². The summed E-state index contributed by atoms with van der Waals surface area (Å²) in [4.78, 5) is 0. The number of halogens is 1. The molecule has 86 valence electrons. The molecule has 0 heterocycles. The van der Waals surface area contributed by atoms with E-state index in [2.05, 4.69) is 45.3 Å². The van der Waals surface area contributed by atoms with Crippen LogP contribution < -0.4 is 0 Å². The summed E-state index contributed by atoms with van der Waals surface area (Å²) in [6, 6.07) is 7.72. The standard InChI is InChI=1S/C14H19ClSi/c1-14(2,3)16(4,5)11-10-12-6-8-13(15)9-7-12/h6-9H,1-5H3. The first kappa shape index (κ1) is 13.4. The molecule has 0 aromatic heterocycles. The quantitative estimate of drug-likeness (QED) is 0.461. The third-order valence-corrected chi connectivity index (χ3v) is 7.99. The van der Waals surface area contributed by atoms with Crippen LogP contribution in [0.15, 0.2) is 24.3 Å². The summed E-state index contributed by atoms with van der Waals surface area (Å²) in [7, 11) is -1.50. The molecule has 0 N–H and O–H groups in total. The van der Waals surface area contributed by atoms with Gasteiger partial charge in [-0.2, -0.15) is 0 Å². The van der Waals surface area contributed by atoms with E-state index >= 15 is 0 Å². The fourth-order valence-electron chi connectivity index (χ4n) is 0.949. The number of hydrogen-bond donors (Lipinski definition) is 0. The van der Waals surface area contributed by atoms with Crippen LogP contribution in [0, 0.1) is 11.5 Å². The second kappa shape index (κ2) is 4.65. The summed E-state index contributed by atoms with van der Waals surface area (Å²) < 4.78 is 0. The average molecular weight is 251 g/mol. The van der Waals surface area contributed by atoms with Crippen molar-refractivity contribution in [3.05, 3.63) is 34.9 Å². The summed E-state index contributed by atoms with van der Waals surface area (Å²) in [6.07, 6.45) is 0. The van der Waals surface area contributed by atoms with E-state index in [1.807, 2.05) is 24.3 Å². The first-order valence-corrected chi connectivity index (χ1v) is 8.89. The van der Waals surface area contributed by atoms with Gasteiger partial charge < -0.3 is 0 Å². The Labute approximate surface area is 105 Å². The van der Waals surface area contributed by atoms with Gasteiger partial charge in [-0.05, 0) is 29.3 Å². The summed E-state index contributed by atoms with van der Waals surface area (Å²) in [5.74, 6) is 3.27. The molecule has 0 unspecified atom stereocenters. The predicted octanol–water partition coefficient (Wildman–Crippen LogP) is 4.74. The number of rotatable bonds is 0. The van der Waals surface area contributed by atoms with Crippen LogP contribution in [0.2, 0.25) is 23.2 Å². The smallest absolute Gasteiger partial charge is 0.126 e. The Kier molecular flexibility index (Phi) is 3.88. The molecule has 0 saturated carbocycles. The van der Waals surface area contributed by atoms with Crippen molar-refractivity contribution in [2.24, 2.45) is 0 Å². The van der Waals surface area contributed by atoms with Gasteiger partial charge in [-0.1, -0.05) is 51.4 Å². The lowest BCUT2D eigenvalue weighted by atomic mass is 10.2. The Bertz CT molecular complexity index is 413. The maximum atomic E-state index is 5.83. The zero-order valence-corrected chi connectivity index (χ0v) is 12.4. The predicted molar refractivity (Wildman–Crippen MR) is 75.5 cm³/mol. The number of hydrogen-bond acceptors (Lipinski definition) is 0. The van der Waals surface area contributed by atoms with E-state index in [9.17, 15) is 0 Å². The van der Waals surface area contributed by atoms with Gasteiger partial charge in [0.05, 0.1) is 0 Å². The summed E-state index contributed by atoms with van der Waals surface area (Å²) >= 11 is 5.83. The van der Waals surface area contributed by atoms with Gasteiger partial charge in [0, 0.05) is 10.6 Å². The Balaban J connectivity index is 2.94. The van der Waals surface area contributed by atoms with Crippen LogP contribution in [0.3, 0.4) is 0 Å². The lowest BCUT2D eigenvalue weighted by molar-refractivity contribution is 0.731. The molecule has 0 saturated heterocycles. The summed E-state index contributed by atoms with van der Waals surface area (Å²) in [5, 5.41) is 1.07. The van der Waals surface area contributed by atoms with E-state index in [-0.39, 0.29) is 0 Å². The molecule has 0 spiro atoms. The minimum atomic E-state index is -1.50. The van der Waals surface area contributed by atoms with Crippen LogP contribution in [-0.2, 0) is 0 Å². The van der Waals surface area contributed by atoms with E-state index in [1.165, 1.54) is 0 Å². The van der Waals surface area contributed by atoms with Gasteiger partial charge in [-0.3, -0.25) is 0 Å². The van der Waals surface area contributed by atoms with E-state index < -0.39 is 8.07 Å². The van der Waals surface area contributed by atoms with Crippen molar-refractivity contribution < 1.29 is 0 Å². The molecule has 0 nitrogen and oxygen atoms in total. The SMILES string of the molecule is CC(C)(C)[Si](C)(C)C#Cc1ccc(Cl)cc1. The minimum Gasteiger partial charge on any atom is -0.126 e. The van der Waals surface area contributed by atoms with Gasteiger partial charge in [0.2, 0.25) is 0 Å². The molecule has 0 aliphatic heterocycles. The molecular weight excluding hydrogens is 232 g/mol. The molecular formula is C14H19ClSi. The molecule has 0 amide bonds. The third-order valence-electron chi connectivity index (χ3n) is 3.24. The Morgan fingerprint density at radius 1 is 1.06 bits per heavy atom. The average Bonchev–Trinajstić information content (AvgIpc) is 2.15. The molecule has 0 aliphatic carbocycles. The lowest BCUT2D eigenvalue weighted by Gasteiger charge is -2.31. The maximum absolute atomic E-state index is 5.83. The summed E-state index contributed by atoms with van der Waals surface area (Å²) in [5.41, 5.74) is 4.53. The second-order valence-corrected chi connectivity index (χ2v) is 11.1. The van der Waals surface area contributed by atoms with Gasteiger partial charge in [0.1, 0.15) is 8.07 Å². The zero-order valence-electron chi connectivity index (χ0n) is 10.7. The van der Waals surface area contributed by atoms with E-state index in [0.29, 0.717) is 5.04 Å². The lowest BCUT2D eigenvalue weighted by Crippen LogP contribution is -2.35. The van der Waals surface area contributed by atoms with Crippen molar-refractivity contribution in [3.63, 3.8) is 0 Å².